The molecule has 0 radical (unpaired) electrons. The van der Waals surface area contributed by atoms with Gasteiger partial charge in [-0.05, 0) is 56.0 Å². The lowest BCUT2D eigenvalue weighted by atomic mass is 10.1. The minimum absolute atomic E-state index is 0.0313. The monoisotopic (exact) mass is 427 g/mol. The quantitative estimate of drug-likeness (QED) is 0.380. The number of carbonyl (C=O) groups excluding carboxylic acids is 2. The van der Waals surface area contributed by atoms with Crippen molar-refractivity contribution in [1.82, 2.24) is 9.55 Å². The molecule has 2 aromatic heterocycles. The van der Waals surface area contributed by atoms with Crippen LogP contribution in [0.1, 0.15) is 41.1 Å². The number of nitrogens with one attached hydrogen (secondary N) is 1. The molecule has 4 rings (SSSR count). The number of carbonyl (C=O) groups is 2. The number of ketones is 1. The van der Waals surface area contributed by atoms with Crippen LogP contribution in [0.3, 0.4) is 0 Å². The van der Waals surface area contributed by atoms with Crippen LogP contribution >= 0.6 is 23.1 Å². The third-order valence-electron chi connectivity index (χ3n) is 5.05. The average Bonchev–Trinajstić information content (AvgIpc) is 3.26. The lowest BCUT2D eigenvalue weighted by Crippen LogP contribution is -2.22. The molecule has 0 saturated heterocycles. The van der Waals surface area contributed by atoms with E-state index in [2.05, 4.69) is 5.32 Å². The summed E-state index contributed by atoms with van der Waals surface area (Å²) >= 11 is 2.90. The van der Waals surface area contributed by atoms with Crippen LogP contribution in [0, 0.1) is 0 Å². The van der Waals surface area contributed by atoms with Gasteiger partial charge in [0.1, 0.15) is 4.83 Å². The molecule has 0 saturated carbocycles. The van der Waals surface area contributed by atoms with Crippen LogP contribution in [0.25, 0.3) is 10.2 Å². The molecular formula is C21H21N3O3S2. The van der Waals surface area contributed by atoms with E-state index >= 15 is 0 Å². The number of thioether (sulfide) groups is 1. The Labute approximate surface area is 176 Å². The highest BCUT2D eigenvalue weighted by Gasteiger charge is 2.24. The van der Waals surface area contributed by atoms with Gasteiger partial charge >= 0.3 is 0 Å². The highest BCUT2D eigenvalue weighted by molar-refractivity contribution is 8.00. The molecule has 2 heterocycles. The van der Waals surface area contributed by atoms with Crippen molar-refractivity contribution in [3.05, 3.63) is 50.6 Å². The summed E-state index contributed by atoms with van der Waals surface area (Å²) < 4.78 is 1.56. The van der Waals surface area contributed by atoms with E-state index < -0.39 is 5.25 Å². The lowest BCUT2D eigenvalue weighted by molar-refractivity contribution is -0.114. The summed E-state index contributed by atoms with van der Waals surface area (Å²) in [5.74, 6) is -0.206. The molecule has 1 aromatic carbocycles. The minimum atomic E-state index is -0.399. The zero-order chi connectivity index (χ0) is 20.7. The molecule has 0 fully saturated rings. The van der Waals surface area contributed by atoms with Crippen LogP contribution in [0.4, 0.5) is 5.69 Å². The maximum atomic E-state index is 12.9. The molecular weight excluding hydrogens is 406 g/mol. The van der Waals surface area contributed by atoms with E-state index in [4.69, 9.17) is 4.98 Å². The molecule has 150 valence electrons. The van der Waals surface area contributed by atoms with Crippen molar-refractivity contribution in [1.29, 1.82) is 0 Å². The fourth-order valence-corrected chi connectivity index (χ4v) is 5.83. The first-order valence-corrected chi connectivity index (χ1v) is 11.1. The summed E-state index contributed by atoms with van der Waals surface area (Å²) in [6.45, 7) is 3.26. The van der Waals surface area contributed by atoms with Crippen molar-refractivity contribution in [2.45, 2.75) is 43.5 Å². The molecule has 0 bridgehead atoms. The molecule has 1 N–H and O–H groups in total. The zero-order valence-electron chi connectivity index (χ0n) is 16.4. The van der Waals surface area contributed by atoms with E-state index in [1.165, 1.54) is 23.6 Å². The van der Waals surface area contributed by atoms with Crippen LogP contribution in [0.2, 0.25) is 0 Å². The SMILES string of the molecule is CC(=O)Nc1ccc(C(=O)C(C)Sc2nc3sc4c(c3c(=O)n2C)CCC4)cc1. The maximum Gasteiger partial charge on any atom is 0.262 e. The van der Waals surface area contributed by atoms with E-state index in [1.54, 1.807) is 47.2 Å². The van der Waals surface area contributed by atoms with Gasteiger partial charge in [-0.15, -0.1) is 11.3 Å². The molecule has 1 aliphatic rings. The Morgan fingerprint density at radius 2 is 1.97 bits per heavy atom. The second-order valence-electron chi connectivity index (χ2n) is 7.18. The van der Waals surface area contributed by atoms with Crippen LogP contribution in [-0.2, 0) is 24.7 Å². The van der Waals surface area contributed by atoms with Gasteiger partial charge in [-0.25, -0.2) is 4.98 Å². The Balaban J connectivity index is 1.58. The first-order chi connectivity index (χ1) is 13.8. The molecule has 1 unspecified atom stereocenters. The van der Waals surface area contributed by atoms with Crippen molar-refractivity contribution in [2.75, 3.05) is 5.32 Å². The molecule has 0 spiro atoms. The fraction of sp³-hybridized carbons (Fsp3) is 0.333. The zero-order valence-corrected chi connectivity index (χ0v) is 18.1. The molecule has 3 aromatic rings. The average molecular weight is 428 g/mol. The van der Waals surface area contributed by atoms with Crippen LogP contribution in [0.15, 0.2) is 34.2 Å². The third-order valence-corrected chi connectivity index (χ3v) is 7.38. The highest BCUT2D eigenvalue weighted by Crippen LogP contribution is 2.36. The van der Waals surface area contributed by atoms with Gasteiger partial charge in [0.2, 0.25) is 5.91 Å². The topological polar surface area (TPSA) is 81.1 Å². The van der Waals surface area contributed by atoms with Crippen molar-refractivity contribution < 1.29 is 9.59 Å². The van der Waals surface area contributed by atoms with Gasteiger partial charge < -0.3 is 5.32 Å². The summed E-state index contributed by atoms with van der Waals surface area (Å²) in [4.78, 5) is 43.6. The molecule has 1 atom stereocenters. The van der Waals surface area contributed by atoms with Crippen molar-refractivity contribution in [3.63, 3.8) is 0 Å². The summed E-state index contributed by atoms with van der Waals surface area (Å²) in [5, 5.41) is 3.59. The number of anilines is 1. The summed E-state index contributed by atoms with van der Waals surface area (Å²) in [5.41, 5.74) is 2.34. The van der Waals surface area contributed by atoms with Gasteiger partial charge in [0.15, 0.2) is 10.9 Å². The van der Waals surface area contributed by atoms with Crippen LogP contribution < -0.4 is 10.9 Å². The lowest BCUT2D eigenvalue weighted by Gasteiger charge is -2.13. The second kappa shape index (κ2) is 7.76. The van der Waals surface area contributed by atoms with E-state index in [0.29, 0.717) is 16.4 Å². The number of thiophene rings is 1. The van der Waals surface area contributed by atoms with Crippen LogP contribution in [0.5, 0.6) is 0 Å². The van der Waals surface area contributed by atoms with Gasteiger partial charge in [-0.2, -0.15) is 0 Å². The normalized spacial score (nSPS) is 14.0. The van der Waals surface area contributed by atoms with Crippen molar-refractivity contribution in [3.8, 4) is 0 Å². The molecule has 6 nitrogen and oxygen atoms in total. The Morgan fingerprint density at radius 1 is 1.24 bits per heavy atom. The standard InChI is InChI=1S/C21H21N3O3S2/c1-11(18(26)13-7-9-14(10-8-13)22-12(2)25)28-21-23-19-17(20(27)24(21)3)15-5-4-6-16(15)29-19/h7-11H,4-6H2,1-3H3,(H,22,25). The Kier molecular flexibility index (Phi) is 5.31. The number of hydrogen-bond acceptors (Lipinski definition) is 6. The smallest absolute Gasteiger partial charge is 0.262 e. The van der Waals surface area contributed by atoms with E-state index in [0.717, 1.165) is 35.0 Å². The van der Waals surface area contributed by atoms with E-state index in [9.17, 15) is 14.4 Å². The number of rotatable bonds is 5. The first kappa shape index (κ1) is 19.8. The van der Waals surface area contributed by atoms with E-state index in [1.807, 2.05) is 6.92 Å². The third kappa shape index (κ3) is 3.74. The van der Waals surface area contributed by atoms with Crippen LogP contribution in [-0.4, -0.2) is 26.5 Å². The fourth-order valence-electron chi connectivity index (χ4n) is 3.58. The van der Waals surface area contributed by atoms with Crippen molar-refractivity contribution >= 4 is 50.7 Å². The van der Waals surface area contributed by atoms with Crippen molar-refractivity contribution in [2.24, 2.45) is 7.05 Å². The van der Waals surface area contributed by atoms with Gasteiger partial charge in [0.05, 0.1) is 10.6 Å². The number of aromatic nitrogens is 2. The van der Waals surface area contributed by atoms with E-state index in [-0.39, 0.29) is 17.2 Å². The maximum absolute atomic E-state index is 12.9. The number of nitrogens with zero attached hydrogens (tertiary/aromatic N) is 2. The Morgan fingerprint density at radius 3 is 2.66 bits per heavy atom. The van der Waals surface area contributed by atoms with Gasteiger partial charge in [0, 0.05) is 30.1 Å². The molecule has 1 aliphatic carbocycles. The first-order valence-electron chi connectivity index (χ1n) is 9.45. The molecule has 29 heavy (non-hydrogen) atoms. The Hall–Kier alpha value is -2.45. The Bertz CT molecular complexity index is 1180. The summed E-state index contributed by atoms with van der Waals surface area (Å²) in [6.07, 6.45) is 3.07. The number of aryl methyl sites for hydroxylation is 2. The number of benzene rings is 1. The van der Waals surface area contributed by atoms with Gasteiger partial charge in [-0.1, -0.05) is 11.8 Å². The molecule has 0 aliphatic heterocycles. The predicted octanol–water partition coefficient (Wildman–Crippen LogP) is 3.81. The molecule has 1 amide bonds. The predicted molar refractivity (Wildman–Crippen MR) is 117 cm³/mol. The van der Waals surface area contributed by atoms with Gasteiger partial charge in [-0.3, -0.25) is 19.0 Å². The summed E-state index contributed by atoms with van der Waals surface area (Å²) in [7, 11) is 1.72. The summed E-state index contributed by atoms with van der Waals surface area (Å²) in [6, 6.07) is 6.81. The number of fused-ring (bicyclic) bond motifs is 3. The number of hydrogen-bond donors (Lipinski definition) is 1. The largest absolute Gasteiger partial charge is 0.326 e. The minimum Gasteiger partial charge on any atom is -0.326 e. The number of amides is 1. The second-order valence-corrected chi connectivity index (χ2v) is 9.57. The highest BCUT2D eigenvalue weighted by atomic mass is 32.2. The number of Topliss-reactive ketones (excluding diaryl/α,β-unsaturated/α-hetero) is 1. The van der Waals surface area contributed by atoms with Gasteiger partial charge in [0.25, 0.3) is 5.56 Å². The molecule has 8 heteroatoms.